The number of aromatic nitrogens is 2. The Morgan fingerprint density at radius 1 is 1.19 bits per heavy atom. The maximum Gasteiger partial charge on any atom is 0.350 e. The van der Waals surface area contributed by atoms with Crippen molar-refractivity contribution in [1.82, 2.24) is 19.8 Å². The van der Waals surface area contributed by atoms with E-state index < -0.39 is 11.5 Å². The minimum atomic E-state index is -0.532. The molecular weight excluding hydrogens is 465 g/mol. The predicted molar refractivity (Wildman–Crippen MR) is 132 cm³/mol. The van der Waals surface area contributed by atoms with Crippen LogP contribution in [0, 0.1) is 5.82 Å². The Balaban J connectivity index is 1.54. The van der Waals surface area contributed by atoms with Gasteiger partial charge in [0.2, 0.25) is 5.91 Å². The number of rotatable bonds is 3. The van der Waals surface area contributed by atoms with E-state index in [1.54, 1.807) is 27.7 Å². The zero-order valence-electron chi connectivity index (χ0n) is 19.7. The van der Waals surface area contributed by atoms with Gasteiger partial charge in [0.15, 0.2) is 5.75 Å². The van der Waals surface area contributed by atoms with E-state index in [1.807, 2.05) is 11.8 Å². The number of carbonyl (C=O) groups excluding carboxylic acids is 2. The molecule has 6 rings (SSSR count). The van der Waals surface area contributed by atoms with Crippen molar-refractivity contribution in [1.29, 1.82) is 0 Å². The fourth-order valence-electron chi connectivity index (χ4n) is 5.49. The average Bonchev–Trinajstić information content (AvgIpc) is 3.26. The smallest absolute Gasteiger partial charge is 0.350 e. The lowest BCUT2D eigenvalue weighted by Gasteiger charge is -2.40. The molecule has 0 radical (unpaired) electrons. The molecule has 0 aliphatic carbocycles. The Morgan fingerprint density at radius 3 is 2.81 bits per heavy atom. The molecule has 10 heteroatoms. The van der Waals surface area contributed by atoms with Crippen LogP contribution in [0.25, 0.3) is 22.0 Å². The third-order valence-corrected chi connectivity index (χ3v) is 7.20. The van der Waals surface area contributed by atoms with Crippen LogP contribution in [-0.4, -0.2) is 58.5 Å². The summed E-state index contributed by atoms with van der Waals surface area (Å²) in [5, 5.41) is 3.45. The second kappa shape index (κ2) is 8.18. The molecule has 0 saturated carbocycles. The number of ether oxygens (including phenoxy) is 1. The van der Waals surface area contributed by atoms with Gasteiger partial charge >= 0.3 is 5.69 Å². The number of fused-ring (bicyclic) bond motifs is 1. The molecule has 1 saturated heterocycles. The maximum atomic E-state index is 15.2. The molecule has 36 heavy (non-hydrogen) atoms. The molecule has 1 aromatic heterocycles. The van der Waals surface area contributed by atoms with Crippen LogP contribution in [-0.2, 0) is 17.9 Å². The van der Waals surface area contributed by atoms with Crippen molar-refractivity contribution in [3.05, 3.63) is 64.3 Å². The summed E-state index contributed by atoms with van der Waals surface area (Å²) in [7, 11) is 0. The van der Waals surface area contributed by atoms with Crippen molar-refractivity contribution in [2.24, 2.45) is 0 Å². The zero-order chi connectivity index (χ0) is 25.1. The summed E-state index contributed by atoms with van der Waals surface area (Å²) in [6.45, 7) is 7.84. The quantitative estimate of drug-likeness (QED) is 0.566. The molecule has 0 spiro atoms. The second-order valence-electron chi connectivity index (χ2n) is 9.23. The summed E-state index contributed by atoms with van der Waals surface area (Å²) in [4.78, 5) is 46.0. The Hall–Kier alpha value is -4.21. The number of nitrogens with zero attached hydrogens (tertiary/aromatic N) is 4. The lowest BCUT2D eigenvalue weighted by atomic mass is 9.94. The third-order valence-electron chi connectivity index (χ3n) is 7.20. The molecular formula is C26H24FN5O4. The molecule has 1 N–H and O–H groups in total. The van der Waals surface area contributed by atoms with Crippen LogP contribution in [0.3, 0.4) is 0 Å². The Bertz CT molecular complexity index is 1530. The van der Waals surface area contributed by atoms with Gasteiger partial charge in [-0.25, -0.2) is 9.18 Å². The minimum Gasteiger partial charge on any atom is -0.489 e. The summed E-state index contributed by atoms with van der Waals surface area (Å²) in [5.74, 6) is -0.142. The number of hydrogen-bond donors (Lipinski definition) is 1. The van der Waals surface area contributed by atoms with Gasteiger partial charge in [-0.2, -0.15) is 4.98 Å². The first-order valence-electron chi connectivity index (χ1n) is 11.9. The minimum absolute atomic E-state index is 0.0980. The van der Waals surface area contributed by atoms with E-state index in [9.17, 15) is 14.4 Å². The van der Waals surface area contributed by atoms with Crippen molar-refractivity contribution >= 4 is 28.5 Å². The molecule has 1 fully saturated rings. The zero-order valence-corrected chi connectivity index (χ0v) is 19.7. The van der Waals surface area contributed by atoms with E-state index in [2.05, 4.69) is 16.9 Å². The normalized spacial score (nSPS) is 18.6. The Morgan fingerprint density at radius 2 is 2.03 bits per heavy atom. The lowest BCUT2D eigenvalue weighted by molar-refractivity contribution is -0.126. The van der Waals surface area contributed by atoms with Crippen molar-refractivity contribution in [2.75, 3.05) is 31.1 Å². The molecule has 1 atom stereocenters. The molecule has 0 bridgehead atoms. The van der Waals surface area contributed by atoms with E-state index in [-0.39, 0.29) is 30.0 Å². The summed E-state index contributed by atoms with van der Waals surface area (Å²) in [5.41, 5.74) is 1.71. The fraction of sp³-hybridized carbons (Fsp3) is 0.308. The van der Waals surface area contributed by atoms with Gasteiger partial charge in [0.05, 0.1) is 17.6 Å². The van der Waals surface area contributed by atoms with Crippen LogP contribution >= 0.6 is 0 Å². The first-order valence-corrected chi connectivity index (χ1v) is 11.9. The second-order valence-corrected chi connectivity index (χ2v) is 9.23. The van der Waals surface area contributed by atoms with Crippen LogP contribution in [0.5, 0.6) is 5.75 Å². The van der Waals surface area contributed by atoms with Crippen molar-refractivity contribution in [3.8, 4) is 16.9 Å². The molecule has 3 aliphatic rings. The molecule has 9 nitrogen and oxygen atoms in total. The van der Waals surface area contributed by atoms with Crippen molar-refractivity contribution in [3.63, 3.8) is 0 Å². The number of benzene rings is 2. The maximum absolute atomic E-state index is 15.2. The van der Waals surface area contributed by atoms with E-state index in [0.29, 0.717) is 71.9 Å². The van der Waals surface area contributed by atoms with Crippen LogP contribution in [0.2, 0.25) is 0 Å². The number of amides is 2. The fourth-order valence-corrected chi connectivity index (χ4v) is 5.49. The van der Waals surface area contributed by atoms with Gasteiger partial charge in [-0.3, -0.25) is 14.2 Å². The number of carbonyl (C=O) groups is 2. The van der Waals surface area contributed by atoms with Crippen molar-refractivity contribution < 1.29 is 18.7 Å². The van der Waals surface area contributed by atoms with Gasteiger partial charge in [-0.1, -0.05) is 12.6 Å². The van der Waals surface area contributed by atoms with E-state index in [4.69, 9.17) is 4.74 Å². The highest BCUT2D eigenvalue weighted by molar-refractivity contribution is 6.07. The van der Waals surface area contributed by atoms with E-state index in [1.165, 1.54) is 12.1 Å². The lowest BCUT2D eigenvalue weighted by Crippen LogP contribution is -2.54. The van der Waals surface area contributed by atoms with Crippen molar-refractivity contribution in [2.45, 2.75) is 26.1 Å². The topological polar surface area (TPSA) is 96.8 Å². The van der Waals surface area contributed by atoms with E-state index in [0.717, 1.165) is 0 Å². The highest BCUT2D eigenvalue weighted by Gasteiger charge is 2.33. The van der Waals surface area contributed by atoms with Gasteiger partial charge in [0, 0.05) is 48.7 Å². The molecule has 3 aromatic rings. The van der Waals surface area contributed by atoms with Gasteiger partial charge < -0.3 is 19.9 Å². The van der Waals surface area contributed by atoms with Crippen LogP contribution in [0.15, 0.2) is 41.7 Å². The Kier molecular flexibility index (Phi) is 5.06. The molecule has 4 heterocycles. The largest absolute Gasteiger partial charge is 0.489 e. The molecule has 2 amide bonds. The number of piperazine rings is 1. The SMILES string of the molecule is C=CC(=O)N1CCN(c2nc(=O)n3c4c(c(-c5c(F)ccc6c5C(=O)NC6)ccc24)OCC3)C(C)C1. The molecule has 2 aromatic carbocycles. The van der Waals surface area contributed by atoms with Crippen LogP contribution in [0.4, 0.5) is 10.2 Å². The molecule has 184 valence electrons. The number of halogens is 1. The number of hydrogen-bond acceptors (Lipinski definition) is 6. The summed E-state index contributed by atoms with van der Waals surface area (Å²) < 4.78 is 22.8. The third kappa shape index (κ3) is 3.20. The molecule has 1 unspecified atom stereocenters. The van der Waals surface area contributed by atoms with Gasteiger partial charge in [0.1, 0.15) is 18.2 Å². The predicted octanol–water partition coefficient (Wildman–Crippen LogP) is 2.06. The Labute approximate surface area is 205 Å². The van der Waals surface area contributed by atoms with Gasteiger partial charge in [0.25, 0.3) is 5.91 Å². The summed E-state index contributed by atoms with van der Waals surface area (Å²) in [6.07, 6.45) is 1.30. The van der Waals surface area contributed by atoms with Crippen LogP contribution < -0.4 is 20.6 Å². The van der Waals surface area contributed by atoms with Crippen LogP contribution in [0.1, 0.15) is 22.8 Å². The number of nitrogens with one attached hydrogen (secondary N) is 1. The van der Waals surface area contributed by atoms with Gasteiger partial charge in [-0.05, 0) is 36.8 Å². The molecule has 3 aliphatic heterocycles. The first kappa shape index (κ1) is 22.3. The summed E-state index contributed by atoms with van der Waals surface area (Å²) in [6, 6.07) is 6.40. The van der Waals surface area contributed by atoms with E-state index >= 15 is 4.39 Å². The average molecular weight is 490 g/mol. The highest BCUT2D eigenvalue weighted by Crippen LogP contribution is 2.43. The standard InChI is InChI=1S/C26H24FN5O4/c1-3-19(33)30-8-9-31(14(2)13-30)24-17-6-5-16(23-22(17)32(10-11-36-23)26(35)29-24)21-18(27)7-4-15-12-28-25(34)20(15)21/h3-7,14H,1,8-13H2,2H3,(H,28,34). The number of anilines is 1. The highest BCUT2D eigenvalue weighted by atomic mass is 19.1. The monoisotopic (exact) mass is 489 g/mol. The summed E-state index contributed by atoms with van der Waals surface area (Å²) >= 11 is 0. The van der Waals surface area contributed by atoms with Gasteiger partial charge in [-0.15, -0.1) is 0 Å². The first-order chi connectivity index (χ1) is 17.4.